The first kappa shape index (κ1) is 13.3. The van der Waals surface area contributed by atoms with Crippen molar-refractivity contribution in [2.75, 3.05) is 0 Å². The maximum atomic E-state index is 4.93. The van der Waals surface area contributed by atoms with E-state index in [1.165, 1.54) is 27.8 Å². The minimum atomic E-state index is -0.826. The molecular weight excluding hydrogens is 330 g/mol. The summed E-state index contributed by atoms with van der Waals surface area (Å²) in [6, 6.07) is 15.3. The third-order valence-electron chi connectivity index (χ3n) is 3.09. The average Bonchev–Trinajstić information content (AvgIpc) is 2.71. The SMILES string of the molecule is Cc1cccc2c1Cc1ccccc1-2.[Cl][Zr][Cl]. The molecule has 0 bridgehead atoms. The third kappa shape index (κ3) is 2.84. The van der Waals surface area contributed by atoms with Gasteiger partial charge in [-0.05, 0) is 41.2 Å². The van der Waals surface area contributed by atoms with Crippen molar-refractivity contribution in [1.82, 2.24) is 0 Å². The van der Waals surface area contributed by atoms with Gasteiger partial charge in [-0.2, -0.15) is 0 Å². The zero-order valence-electron chi connectivity index (χ0n) is 9.50. The molecule has 3 rings (SSSR count). The van der Waals surface area contributed by atoms with Gasteiger partial charge in [-0.25, -0.2) is 0 Å². The summed E-state index contributed by atoms with van der Waals surface area (Å²) in [6.45, 7) is 2.20. The Balaban J connectivity index is 0.000000329. The second kappa shape index (κ2) is 6.18. The number of benzene rings is 2. The van der Waals surface area contributed by atoms with Crippen LogP contribution in [-0.2, 0) is 27.3 Å². The van der Waals surface area contributed by atoms with Crippen molar-refractivity contribution in [3.8, 4) is 11.1 Å². The molecular formula is C14H12Cl2Zr. The Morgan fingerprint density at radius 2 is 1.59 bits per heavy atom. The molecule has 0 spiro atoms. The number of hydrogen-bond donors (Lipinski definition) is 0. The summed E-state index contributed by atoms with van der Waals surface area (Å²) in [5.74, 6) is 0. The van der Waals surface area contributed by atoms with Crippen molar-refractivity contribution in [3.05, 3.63) is 59.2 Å². The van der Waals surface area contributed by atoms with E-state index in [-0.39, 0.29) is 0 Å². The van der Waals surface area contributed by atoms with E-state index in [1.807, 2.05) is 0 Å². The summed E-state index contributed by atoms with van der Waals surface area (Å²) >= 11 is -0.826. The predicted octanol–water partition coefficient (Wildman–Crippen LogP) is 4.94. The van der Waals surface area contributed by atoms with Gasteiger partial charge in [0.05, 0.1) is 0 Å². The van der Waals surface area contributed by atoms with Crippen LogP contribution in [0.15, 0.2) is 42.5 Å². The fourth-order valence-corrected chi connectivity index (χ4v) is 2.32. The zero-order valence-corrected chi connectivity index (χ0v) is 13.5. The van der Waals surface area contributed by atoms with Crippen LogP contribution in [0.5, 0.6) is 0 Å². The predicted molar refractivity (Wildman–Crippen MR) is 71.1 cm³/mol. The number of halogens is 2. The van der Waals surface area contributed by atoms with Gasteiger partial charge in [-0.3, -0.25) is 0 Å². The van der Waals surface area contributed by atoms with Crippen LogP contribution in [0.3, 0.4) is 0 Å². The molecule has 0 saturated carbocycles. The van der Waals surface area contributed by atoms with Gasteiger partial charge in [-0.15, -0.1) is 0 Å². The van der Waals surface area contributed by atoms with Crippen molar-refractivity contribution in [3.63, 3.8) is 0 Å². The fourth-order valence-electron chi connectivity index (χ4n) is 2.32. The molecule has 1 aliphatic rings. The Labute approximate surface area is 121 Å². The van der Waals surface area contributed by atoms with E-state index in [0.29, 0.717) is 0 Å². The van der Waals surface area contributed by atoms with Gasteiger partial charge in [0.1, 0.15) is 0 Å². The molecule has 0 radical (unpaired) electrons. The Hall–Kier alpha value is -0.0969. The van der Waals surface area contributed by atoms with Gasteiger partial charge >= 0.3 is 37.9 Å². The topological polar surface area (TPSA) is 0 Å². The molecule has 0 aromatic heterocycles. The molecule has 0 atom stereocenters. The Kier molecular flexibility index (Phi) is 4.85. The number of rotatable bonds is 0. The van der Waals surface area contributed by atoms with Crippen LogP contribution in [0.25, 0.3) is 11.1 Å². The Morgan fingerprint density at radius 3 is 2.35 bits per heavy atom. The molecule has 1 aliphatic carbocycles. The third-order valence-corrected chi connectivity index (χ3v) is 3.09. The van der Waals surface area contributed by atoms with E-state index in [4.69, 9.17) is 17.0 Å². The number of fused-ring (bicyclic) bond motifs is 3. The van der Waals surface area contributed by atoms with Crippen molar-refractivity contribution >= 4 is 17.0 Å². The summed E-state index contributed by atoms with van der Waals surface area (Å²) in [6.07, 6.45) is 1.11. The van der Waals surface area contributed by atoms with Gasteiger partial charge in [-0.1, -0.05) is 42.5 Å². The van der Waals surface area contributed by atoms with Crippen molar-refractivity contribution < 1.29 is 20.8 Å². The van der Waals surface area contributed by atoms with Gasteiger partial charge in [0.15, 0.2) is 0 Å². The first-order chi connectivity index (χ1) is 8.27. The van der Waals surface area contributed by atoms with Gasteiger partial charge in [0, 0.05) is 0 Å². The van der Waals surface area contributed by atoms with E-state index >= 15 is 0 Å². The summed E-state index contributed by atoms with van der Waals surface area (Å²) in [4.78, 5) is 0. The normalized spacial score (nSPS) is 11.0. The monoisotopic (exact) mass is 340 g/mol. The molecule has 0 saturated heterocycles. The minimum absolute atomic E-state index is 0.826. The molecule has 0 aliphatic heterocycles. The molecule has 0 heterocycles. The first-order valence-corrected chi connectivity index (χ1v) is 11.7. The average molecular weight is 342 g/mol. The van der Waals surface area contributed by atoms with Gasteiger partial charge in [0.25, 0.3) is 0 Å². The van der Waals surface area contributed by atoms with Crippen LogP contribution >= 0.6 is 17.0 Å². The molecule has 0 N–H and O–H groups in total. The standard InChI is InChI=1S/C14H12.2ClH.Zr/c1-10-5-4-8-13-12-7-3-2-6-11(12)9-14(10)13;;;/h2-8H,9H2,1H3;2*1H;/q;;;+2/p-2. The molecule has 2 aromatic rings. The van der Waals surface area contributed by atoms with E-state index in [2.05, 4.69) is 49.4 Å². The second-order valence-electron chi connectivity index (χ2n) is 4.01. The molecule has 86 valence electrons. The van der Waals surface area contributed by atoms with Crippen LogP contribution < -0.4 is 0 Å². The van der Waals surface area contributed by atoms with Crippen LogP contribution in [-0.4, -0.2) is 0 Å². The summed E-state index contributed by atoms with van der Waals surface area (Å²) < 4.78 is 0. The molecule has 3 heteroatoms. The molecule has 0 fully saturated rings. The summed E-state index contributed by atoms with van der Waals surface area (Å²) in [7, 11) is 9.87. The Bertz CT molecular complexity index is 523. The molecule has 17 heavy (non-hydrogen) atoms. The Morgan fingerprint density at radius 1 is 0.941 bits per heavy atom. The van der Waals surface area contributed by atoms with Crippen LogP contribution in [0, 0.1) is 6.92 Å². The quantitative estimate of drug-likeness (QED) is 0.543. The van der Waals surface area contributed by atoms with Crippen molar-refractivity contribution in [2.45, 2.75) is 13.3 Å². The molecule has 0 amide bonds. The molecule has 2 aromatic carbocycles. The van der Waals surface area contributed by atoms with Crippen LogP contribution in [0.1, 0.15) is 16.7 Å². The first-order valence-electron chi connectivity index (χ1n) is 5.41. The van der Waals surface area contributed by atoms with Crippen molar-refractivity contribution in [1.29, 1.82) is 0 Å². The number of aryl methyl sites for hydroxylation is 1. The second-order valence-corrected chi connectivity index (χ2v) is 7.74. The van der Waals surface area contributed by atoms with E-state index in [9.17, 15) is 0 Å². The summed E-state index contributed by atoms with van der Waals surface area (Å²) in [5.41, 5.74) is 7.25. The zero-order chi connectivity index (χ0) is 12.3. The van der Waals surface area contributed by atoms with E-state index in [0.717, 1.165) is 6.42 Å². The van der Waals surface area contributed by atoms with Gasteiger partial charge in [0.2, 0.25) is 0 Å². The molecule has 0 unspecified atom stereocenters. The number of hydrogen-bond acceptors (Lipinski definition) is 0. The maximum absolute atomic E-state index is 4.93. The fraction of sp³-hybridized carbons (Fsp3) is 0.143. The van der Waals surface area contributed by atoms with Crippen LogP contribution in [0.2, 0.25) is 0 Å². The summed E-state index contributed by atoms with van der Waals surface area (Å²) in [5, 5.41) is 0. The van der Waals surface area contributed by atoms with Gasteiger partial charge < -0.3 is 0 Å². The van der Waals surface area contributed by atoms with Crippen LogP contribution in [0.4, 0.5) is 0 Å². The molecule has 0 nitrogen and oxygen atoms in total. The van der Waals surface area contributed by atoms with E-state index in [1.54, 1.807) is 0 Å². The van der Waals surface area contributed by atoms with E-state index < -0.39 is 20.8 Å². The van der Waals surface area contributed by atoms with Crippen molar-refractivity contribution in [2.24, 2.45) is 0 Å².